The zero-order valence-corrected chi connectivity index (χ0v) is 19.5. The highest BCUT2D eigenvalue weighted by molar-refractivity contribution is 14.0. The van der Waals surface area contributed by atoms with Gasteiger partial charge in [-0.05, 0) is 60.9 Å². The first-order valence-corrected chi connectivity index (χ1v) is 9.34. The Morgan fingerprint density at radius 2 is 1.93 bits per heavy atom. The molecule has 1 heterocycles. The maximum Gasteiger partial charge on any atom is 0.191 e. The summed E-state index contributed by atoms with van der Waals surface area (Å²) < 4.78 is 18.4. The Kier molecular flexibility index (Phi) is 9.03. The summed E-state index contributed by atoms with van der Waals surface area (Å²) in [5.41, 5.74) is 2.96. The molecule has 3 N–H and O–H groups in total. The number of nitrogens with one attached hydrogen (secondary N) is 3. The topological polar surface area (TPSA) is 87.2 Å². The number of aliphatic imine (C=N–C) groups is 1. The quantitative estimate of drug-likeness (QED) is 0.251. The molecule has 0 unspecified atom stereocenters. The summed E-state index contributed by atoms with van der Waals surface area (Å²) >= 11 is 0. The molecule has 30 heavy (non-hydrogen) atoms. The number of benzene rings is 2. The van der Waals surface area contributed by atoms with Crippen molar-refractivity contribution < 1.29 is 9.13 Å². The molecule has 0 aliphatic heterocycles. The molecule has 0 spiro atoms. The largest absolute Gasteiger partial charge is 0.497 e. The number of halogens is 2. The van der Waals surface area contributed by atoms with E-state index in [1.165, 1.54) is 6.07 Å². The minimum atomic E-state index is -0.210. The zero-order valence-electron chi connectivity index (χ0n) is 17.2. The average molecular weight is 524 g/mol. The van der Waals surface area contributed by atoms with E-state index in [4.69, 9.17) is 4.74 Å². The molecule has 7 nitrogen and oxygen atoms in total. The third-order valence-corrected chi connectivity index (χ3v) is 4.52. The summed E-state index contributed by atoms with van der Waals surface area (Å²) in [6.45, 7) is 3.05. The second-order valence-electron chi connectivity index (χ2n) is 6.51. The number of aromatic amines is 1. The summed E-state index contributed by atoms with van der Waals surface area (Å²) in [6.07, 6.45) is 0.775. The van der Waals surface area contributed by atoms with Crippen LogP contribution in [0.15, 0.2) is 47.5 Å². The lowest BCUT2D eigenvalue weighted by molar-refractivity contribution is 0.415. The van der Waals surface area contributed by atoms with E-state index in [9.17, 15) is 4.39 Å². The highest BCUT2D eigenvalue weighted by Gasteiger charge is 2.07. The maximum absolute atomic E-state index is 13.2. The number of nitrogens with zero attached hydrogens (tertiary/aromatic N) is 3. The Labute approximate surface area is 192 Å². The van der Waals surface area contributed by atoms with E-state index in [0.29, 0.717) is 30.7 Å². The number of ether oxygens (including phenoxy) is 1. The van der Waals surface area contributed by atoms with Crippen molar-refractivity contribution in [3.8, 4) is 17.1 Å². The third kappa shape index (κ3) is 6.41. The Bertz CT molecular complexity index is 974. The van der Waals surface area contributed by atoms with Crippen LogP contribution in [-0.4, -0.2) is 41.8 Å². The number of aromatic nitrogens is 3. The van der Waals surface area contributed by atoms with E-state index in [-0.39, 0.29) is 29.8 Å². The maximum atomic E-state index is 13.2. The lowest BCUT2D eigenvalue weighted by Crippen LogP contribution is -2.38. The van der Waals surface area contributed by atoms with Crippen molar-refractivity contribution in [2.45, 2.75) is 19.9 Å². The smallest absolute Gasteiger partial charge is 0.191 e. The van der Waals surface area contributed by atoms with Crippen LogP contribution in [0.25, 0.3) is 11.4 Å². The lowest BCUT2D eigenvalue weighted by Gasteiger charge is -2.11. The van der Waals surface area contributed by atoms with Gasteiger partial charge in [-0.2, -0.15) is 5.10 Å². The summed E-state index contributed by atoms with van der Waals surface area (Å²) in [5.74, 6) is 2.56. The van der Waals surface area contributed by atoms with Gasteiger partial charge in [-0.15, -0.1) is 24.0 Å². The van der Waals surface area contributed by atoms with E-state index < -0.39 is 0 Å². The van der Waals surface area contributed by atoms with Gasteiger partial charge in [-0.1, -0.05) is 6.07 Å². The Hall–Kier alpha value is -2.69. The first-order valence-electron chi connectivity index (χ1n) is 9.34. The van der Waals surface area contributed by atoms with E-state index in [0.717, 1.165) is 28.9 Å². The standard InChI is InChI=1S/C21H25FN6O.HI/c1-14-12-17(22)7-4-15(14)10-11-24-21(23-2)25-13-19-26-20(28-27-19)16-5-8-18(29-3)9-6-16;/h4-9,12H,10-11,13H2,1-3H3,(H2,23,24,25)(H,26,27,28);1H. The van der Waals surface area contributed by atoms with Crippen molar-refractivity contribution in [2.75, 3.05) is 20.7 Å². The van der Waals surface area contributed by atoms with Gasteiger partial charge in [0, 0.05) is 19.2 Å². The number of H-pyrrole nitrogens is 1. The zero-order chi connectivity index (χ0) is 20.6. The number of methoxy groups -OCH3 is 1. The van der Waals surface area contributed by atoms with Gasteiger partial charge in [0.25, 0.3) is 0 Å². The molecule has 9 heteroatoms. The molecule has 0 atom stereocenters. The van der Waals surface area contributed by atoms with Gasteiger partial charge in [-0.25, -0.2) is 9.37 Å². The molecule has 0 saturated carbocycles. The molecule has 0 fully saturated rings. The van der Waals surface area contributed by atoms with Gasteiger partial charge in [0.05, 0.1) is 13.7 Å². The average Bonchev–Trinajstić information content (AvgIpc) is 3.21. The highest BCUT2D eigenvalue weighted by Crippen LogP contribution is 2.18. The number of hydrogen-bond donors (Lipinski definition) is 3. The molecule has 0 aliphatic carbocycles. The van der Waals surface area contributed by atoms with Crippen molar-refractivity contribution in [3.05, 3.63) is 65.2 Å². The first kappa shape index (κ1) is 23.6. The Morgan fingerprint density at radius 3 is 2.60 bits per heavy atom. The van der Waals surface area contributed by atoms with Crippen molar-refractivity contribution in [1.29, 1.82) is 0 Å². The van der Waals surface area contributed by atoms with Crippen LogP contribution < -0.4 is 15.4 Å². The normalized spacial score (nSPS) is 11.0. The predicted octanol–water partition coefficient (Wildman–Crippen LogP) is 3.45. The van der Waals surface area contributed by atoms with E-state index >= 15 is 0 Å². The van der Waals surface area contributed by atoms with Crippen LogP contribution in [-0.2, 0) is 13.0 Å². The van der Waals surface area contributed by atoms with Gasteiger partial charge in [0.2, 0.25) is 0 Å². The van der Waals surface area contributed by atoms with Gasteiger partial charge >= 0.3 is 0 Å². The summed E-state index contributed by atoms with van der Waals surface area (Å²) in [4.78, 5) is 8.72. The number of hydrogen-bond acceptors (Lipinski definition) is 4. The van der Waals surface area contributed by atoms with Crippen molar-refractivity contribution in [2.24, 2.45) is 4.99 Å². The summed E-state index contributed by atoms with van der Waals surface area (Å²) in [6, 6.07) is 12.4. The van der Waals surface area contributed by atoms with Gasteiger partial charge in [0.15, 0.2) is 11.8 Å². The highest BCUT2D eigenvalue weighted by atomic mass is 127. The van der Waals surface area contributed by atoms with Gasteiger partial charge < -0.3 is 15.4 Å². The van der Waals surface area contributed by atoms with Crippen molar-refractivity contribution in [1.82, 2.24) is 25.8 Å². The fourth-order valence-corrected chi connectivity index (χ4v) is 2.89. The SMILES string of the molecule is CN=C(NCCc1ccc(F)cc1C)NCc1nc(-c2ccc(OC)cc2)n[nH]1.I. The van der Waals surface area contributed by atoms with Crippen LogP contribution in [0.1, 0.15) is 17.0 Å². The fraction of sp³-hybridized carbons (Fsp3) is 0.286. The van der Waals surface area contributed by atoms with E-state index in [2.05, 4.69) is 30.8 Å². The molecule has 0 amide bonds. The molecule has 160 valence electrons. The molecular weight excluding hydrogens is 498 g/mol. The Morgan fingerprint density at radius 1 is 1.17 bits per heavy atom. The lowest BCUT2D eigenvalue weighted by atomic mass is 10.1. The predicted molar refractivity (Wildman–Crippen MR) is 127 cm³/mol. The van der Waals surface area contributed by atoms with Crippen LogP contribution in [0.4, 0.5) is 4.39 Å². The fourth-order valence-electron chi connectivity index (χ4n) is 2.89. The molecule has 1 aromatic heterocycles. The summed E-state index contributed by atoms with van der Waals surface area (Å²) in [7, 11) is 3.34. The Balaban J connectivity index is 0.00000320. The van der Waals surface area contributed by atoms with Gasteiger partial charge in [0.1, 0.15) is 17.4 Å². The van der Waals surface area contributed by atoms with E-state index in [1.54, 1.807) is 20.2 Å². The number of aryl methyl sites for hydroxylation is 1. The monoisotopic (exact) mass is 524 g/mol. The molecule has 0 radical (unpaired) electrons. The van der Waals surface area contributed by atoms with Crippen molar-refractivity contribution >= 4 is 29.9 Å². The minimum Gasteiger partial charge on any atom is -0.497 e. The third-order valence-electron chi connectivity index (χ3n) is 4.52. The van der Waals surface area contributed by atoms with Gasteiger partial charge in [-0.3, -0.25) is 10.1 Å². The van der Waals surface area contributed by atoms with Crippen LogP contribution >= 0.6 is 24.0 Å². The van der Waals surface area contributed by atoms with Crippen LogP contribution in [0.3, 0.4) is 0 Å². The van der Waals surface area contributed by atoms with Crippen LogP contribution in [0.5, 0.6) is 5.75 Å². The molecule has 3 rings (SSSR count). The molecule has 3 aromatic rings. The molecule has 0 aliphatic rings. The molecular formula is C21H26FIN6O. The molecule has 0 bridgehead atoms. The molecule has 0 saturated heterocycles. The van der Waals surface area contributed by atoms with Crippen molar-refractivity contribution in [3.63, 3.8) is 0 Å². The second-order valence-corrected chi connectivity index (χ2v) is 6.51. The van der Waals surface area contributed by atoms with Crippen LogP contribution in [0, 0.1) is 12.7 Å². The molecule has 2 aromatic carbocycles. The minimum absolute atomic E-state index is 0. The van der Waals surface area contributed by atoms with E-state index in [1.807, 2.05) is 37.3 Å². The first-order chi connectivity index (χ1) is 14.1. The number of rotatable bonds is 7. The number of guanidine groups is 1. The summed E-state index contributed by atoms with van der Waals surface area (Å²) in [5, 5.41) is 13.6. The second kappa shape index (κ2) is 11.5. The van der Waals surface area contributed by atoms with Crippen LogP contribution in [0.2, 0.25) is 0 Å².